The Morgan fingerprint density at radius 2 is 2.03 bits per heavy atom. The molecule has 160 valence electrons. The van der Waals surface area contributed by atoms with Crippen LogP contribution in [0.3, 0.4) is 0 Å². The van der Waals surface area contributed by atoms with Crippen LogP contribution >= 0.6 is 11.3 Å². The molecule has 31 heavy (non-hydrogen) atoms. The molecule has 0 radical (unpaired) electrons. The third-order valence-corrected chi connectivity index (χ3v) is 6.92. The van der Waals surface area contributed by atoms with Crippen molar-refractivity contribution < 1.29 is 13.6 Å². The number of benzene rings is 1. The first-order chi connectivity index (χ1) is 14.9. The second kappa shape index (κ2) is 8.55. The lowest BCUT2D eigenvalue weighted by molar-refractivity contribution is -0.126. The number of hydrogen-bond donors (Lipinski definition) is 1. The van der Waals surface area contributed by atoms with Crippen molar-refractivity contribution in [3.63, 3.8) is 0 Å². The number of rotatable bonds is 4. The Morgan fingerprint density at radius 1 is 1.29 bits per heavy atom. The number of fused-ring (bicyclic) bond motifs is 1. The molecular formula is C22H21F2N5OS. The minimum atomic E-state index is -1.16. The van der Waals surface area contributed by atoms with Crippen molar-refractivity contribution in [2.45, 2.75) is 32.7 Å². The van der Waals surface area contributed by atoms with Gasteiger partial charge in [-0.2, -0.15) is 5.26 Å². The fourth-order valence-corrected chi connectivity index (χ4v) is 4.92. The van der Waals surface area contributed by atoms with Gasteiger partial charge in [0.15, 0.2) is 0 Å². The molecule has 9 heteroatoms. The van der Waals surface area contributed by atoms with Gasteiger partial charge in [-0.3, -0.25) is 4.79 Å². The van der Waals surface area contributed by atoms with Crippen molar-refractivity contribution >= 4 is 33.3 Å². The van der Waals surface area contributed by atoms with E-state index in [4.69, 9.17) is 0 Å². The number of piperidine rings is 1. The van der Waals surface area contributed by atoms with Crippen LogP contribution in [0.4, 0.5) is 14.6 Å². The number of amides is 1. The fraction of sp³-hybridized carbons (Fsp3) is 0.364. The monoisotopic (exact) mass is 441 g/mol. The summed E-state index contributed by atoms with van der Waals surface area (Å²) in [5.74, 6) is -1.29. The standard InChI is InChI=1S/C22H21F2N5OS/c1-12-13(2)31-22-19(12)20(26-11-27-22)29-7-5-14(6-8-29)21(30)28-18(10-25)16-4-3-15(23)9-17(16)24/h3-4,9,11,14,18H,5-8H2,1-2H3,(H,28,30). The summed E-state index contributed by atoms with van der Waals surface area (Å²) in [4.78, 5) is 25.9. The number of aryl methyl sites for hydroxylation is 2. The highest BCUT2D eigenvalue weighted by molar-refractivity contribution is 7.18. The highest BCUT2D eigenvalue weighted by Crippen LogP contribution is 2.35. The van der Waals surface area contributed by atoms with Gasteiger partial charge in [0, 0.05) is 35.5 Å². The summed E-state index contributed by atoms with van der Waals surface area (Å²) in [6.07, 6.45) is 2.74. The highest BCUT2D eigenvalue weighted by atomic mass is 32.1. The summed E-state index contributed by atoms with van der Waals surface area (Å²) in [5.41, 5.74) is 1.13. The van der Waals surface area contributed by atoms with Gasteiger partial charge in [-0.15, -0.1) is 11.3 Å². The van der Waals surface area contributed by atoms with E-state index in [0.29, 0.717) is 32.0 Å². The molecule has 0 spiro atoms. The largest absolute Gasteiger partial charge is 0.356 e. The Morgan fingerprint density at radius 3 is 2.71 bits per heavy atom. The molecule has 1 atom stereocenters. The number of thiophene rings is 1. The Bertz CT molecular complexity index is 1180. The summed E-state index contributed by atoms with van der Waals surface area (Å²) < 4.78 is 27.2. The lowest BCUT2D eigenvalue weighted by atomic mass is 9.94. The van der Waals surface area contributed by atoms with Gasteiger partial charge in [-0.1, -0.05) is 6.07 Å². The van der Waals surface area contributed by atoms with Crippen LogP contribution in [0, 0.1) is 42.7 Å². The van der Waals surface area contributed by atoms with Crippen molar-refractivity contribution in [1.29, 1.82) is 5.26 Å². The van der Waals surface area contributed by atoms with Crippen LogP contribution in [-0.4, -0.2) is 29.0 Å². The van der Waals surface area contributed by atoms with Gasteiger partial charge in [0.05, 0.1) is 11.5 Å². The van der Waals surface area contributed by atoms with Crippen molar-refractivity contribution in [3.8, 4) is 6.07 Å². The molecule has 1 saturated heterocycles. The zero-order valence-electron chi connectivity index (χ0n) is 17.2. The number of aromatic nitrogens is 2. The van der Waals surface area contributed by atoms with Gasteiger partial charge in [-0.05, 0) is 38.3 Å². The van der Waals surface area contributed by atoms with Gasteiger partial charge in [0.25, 0.3) is 0 Å². The third kappa shape index (κ3) is 4.08. The second-order valence-corrected chi connectivity index (χ2v) is 8.86. The minimum absolute atomic E-state index is 0.0404. The molecule has 1 amide bonds. The molecule has 6 nitrogen and oxygen atoms in total. The van der Waals surface area contributed by atoms with E-state index in [2.05, 4.69) is 34.0 Å². The van der Waals surface area contributed by atoms with E-state index in [0.717, 1.165) is 22.1 Å². The maximum absolute atomic E-state index is 14.0. The molecule has 0 bridgehead atoms. The molecule has 1 aliphatic rings. The minimum Gasteiger partial charge on any atom is -0.356 e. The average molecular weight is 442 g/mol. The summed E-state index contributed by atoms with van der Waals surface area (Å²) in [6.45, 7) is 5.41. The first-order valence-corrected chi connectivity index (χ1v) is 10.8. The molecule has 4 rings (SSSR count). The summed E-state index contributed by atoms with van der Waals surface area (Å²) in [7, 11) is 0. The lowest BCUT2D eigenvalue weighted by Crippen LogP contribution is -2.42. The Hall–Kier alpha value is -3.12. The Kier molecular flexibility index (Phi) is 5.83. The van der Waals surface area contributed by atoms with E-state index in [-0.39, 0.29) is 17.4 Å². The van der Waals surface area contributed by atoms with Gasteiger partial charge >= 0.3 is 0 Å². The zero-order chi connectivity index (χ0) is 22.1. The van der Waals surface area contributed by atoms with Gasteiger partial charge < -0.3 is 10.2 Å². The van der Waals surface area contributed by atoms with E-state index < -0.39 is 17.7 Å². The van der Waals surface area contributed by atoms with Crippen LogP contribution in [-0.2, 0) is 4.79 Å². The molecule has 1 fully saturated rings. The Balaban J connectivity index is 1.44. The van der Waals surface area contributed by atoms with Crippen molar-refractivity contribution in [2.75, 3.05) is 18.0 Å². The van der Waals surface area contributed by atoms with Crippen LogP contribution in [0.5, 0.6) is 0 Å². The molecule has 1 unspecified atom stereocenters. The molecular weight excluding hydrogens is 420 g/mol. The van der Waals surface area contributed by atoms with Crippen molar-refractivity contribution in [2.24, 2.45) is 5.92 Å². The number of nitrogens with zero attached hydrogens (tertiary/aromatic N) is 4. The van der Waals surface area contributed by atoms with Crippen LogP contribution in [0.25, 0.3) is 10.2 Å². The molecule has 3 aromatic rings. The highest BCUT2D eigenvalue weighted by Gasteiger charge is 2.29. The van der Waals surface area contributed by atoms with Crippen LogP contribution in [0.1, 0.15) is 34.9 Å². The zero-order valence-corrected chi connectivity index (χ0v) is 18.0. The van der Waals surface area contributed by atoms with Crippen molar-refractivity contribution in [3.05, 3.63) is 52.2 Å². The molecule has 0 aliphatic carbocycles. The van der Waals surface area contributed by atoms with Crippen molar-refractivity contribution in [1.82, 2.24) is 15.3 Å². The van der Waals surface area contributed by atoms with Crippen LogP contribution in [0.15, 0.2) is 24.5 Å². The van der Waals surface area contributed by atoms with Gasteiger partial charge in [-0.25, -0.2) is 18.7 Å². The predicted octanol–water partition coefficient (Wildman–Crippen LogP) is 4.18. The number of hydrogen-bond acceptors (Lipinski definition) is 6. The lowest BCUT2D eigenvalue weighted by Gasteiger charge is -2.33. The normalized spacial score (nSPS) is 15.6. The SMILES string of the molecule is Cc1sc2ncnc(N3CCC(C(=O)NC(C#N)c4ccc(F)cc4F)CC3)c2c1C. The number of nitriles is 1. The van der Waals surface area contributed by atoms with E-state index >= 15 is 0 Å². The summed E-state index contributed by atoms with van der Waals surface area (Å²) in [6, 6.07) is 3.70. The number of carbonyl (C=O) groups is 1. The molecule has 1 aromatic carbocycles. The van der Waals surface area contributed by atoms with Crippen LogP contribution in [0.2, 0.25) is 0 Å². The second-order valence-electron chi connectivity index (χ2n) is 7.66. The Labute approximate surface area is 182 Å². The van der Waals surface area contributed by atoms with E-state index in [1.54, 1.807) is 17.7 Å². The molecule has 0 saturated carbocycles. The summed E-state index contributed by atoms with van der Waals surface area (Å²) in [5, 5.41) is 13.1. The van der Waals surface area contributed by atoms with E-state index in [1.807, 2.05) is 6.07 Å². The molecule has 1 aliphatic heterocycles. The number of carbonyl (C=O) groups excluding carboxylic acids is 1. The first-order valence-electron chi connectivity index (χ1n) is 9.99. The molecule has 2 aromatic heterocycles. The molecule has 3 heterocycles. The number of halogens is 2. The fourth-order valence-electron chi connectivity index (χ4n) is 3.93. The van der Waals surface area contributed by atoms with Gasteiger partial charge in [0.2, 0.25) is 5.91 Å². The third-order valence-electron chi connectivity index (χ3n) is 5.80. The number of anilines is 1. The predicted molar refractivity (Wildman–Crippen MR) is 115 cm³/mol. The van der Waals surface area contributed by atoms with E-state index in [1.165, 1.54) is 16.5 Å². The first kappa shape index (κ1) is 21.1. The summed E-state index contributed by atoms with van der Waals surface area (Å²) >= 11 is 1.64. The number of nitrogens with one attached hydrogen (secondary N) is 1. The van der Waals surface area contributed by atoms with E-state index in [9.17, 15) is 18.8 Å². The maximum Gasteiger partial charge on any atom is 0.224 e. The topological polar surface area (TPSA) is 81.9 Å². The molecule has 1 N–H and O–H groups in total. The van der Waals surface area contributed by atoms with Crippen LogP contribution < -0.4 is 10.2 Å². The average Bonchev–Trinajstić information content (AvgIpc) is 3.06. The van der Waals surface area contributed by atoms with Gasteiger partial charge in [0.1, 0.15) is 34.7 Å². The maximum atomic E-state index is 14.0. The quantitative estimate of drug-likeness (QED) is 0.657. The smallest absolute Gasteiger partial charge is 0.224 e.